The number of anilines is 1. The molecule has 0 radical (unpaired) electrons. The number of hydrogen-bond acceptors (Lipinski definition) is 6. The van der Waals surface area contributed by atoms with E-state index in [1.165, 1.54) is 11.3 Å². The molecule has 2 N–H and O–H groups in total. The second-order valence-corrected chi connectivity index (χ2v) is 6.90. The molecule has 1 aromatic carbocycles. The third kappa shape index (κ3) is 3.12. The van der Waals surface area contributed by atoms with Crippen molar-refractivity contribution in [1.82, 2.24) is 15.3 Å². The summed E-state index contributed by atoms with van der Waals surface area (Å²) in [6.07, 6.45) is 1.04. The average molecular weight is 356 g/mol. The second kappa shape index (κ2) is 6.85. The lowest BCUT2D eigenvalue weighted by atomic mass is 10.1. The van der Waals surface area contributed by atoms with Gasteiger partial charge in [-0.3, -0.25) is 9.78 Å². The number of hydrogen-bond donors (Lipinski definition) is 2. The van der Waals surface area contributed by atoms with Crippen LogP contribution in [0.15, 0.2) is 34.4 Å². The molecule has 1 saturated heterocycles. The SMILES string of the molecule is COc1ccc(-c2csc3nc(N4CCCNCC4)[nH]c(=O)c23)cc1. The van der Waals surface area contributed by atoms with Crippen LogP contribution in [0, 0.1) is 0 Å². The van der Waals surface area contributed by atoms with Crippen molar-refractivity contribution in [2.75, 3.05) is 38.2 Å². The number of H-pyrrole nitrogens is 1. The van der Waals surface area contributed by atoms with E-state index in [1.54, 1.807) is 7.11 Å². The predicted octanol–water partition coefficient (Wildman–Crippen LogP) is 2.46. The maximum absolute atomic E-state index is 12.8. The molecule has 3 heterocycles. The molecule has 1 aliphatic rings. The van der Waals surface area contributed by atoms with E-state index in [0.717, 1.165) is 54.3 Å². The number of methoxy groups -OCH3 is 1. The number of nitrogens with zero attached hydrogens (tertiary/aromatic N) is 2. The molecule has 1 aliphatic heterocycles. The molecule has 7 heteroatoms. The Labute approximate surface area is 149 Å². The van der Waals surface area contributed by atoms with Crippen molar-refractivity contribution in [1.29, 1.82) is 0 Å². The van der Waals surface area contributed by atoms with Crippen LogP contribution >= 0.6 is 11.3 Å². The van der Waals surface area contributed by atoms with Gasteiger partial charge in [0.15, 0.2) is 0 Å². The van der Waals surface area contributed by atoms with Crippen LogP contribution in [0.25, 0.3) is 21.3 Å². The summed E-state index contributed by atoms with van der Waals surface area (Å²) in [5.74, 6) is 1.47. The lowest BCUT2D eigenvalue weighted by molar-refractivity contribution is 0.415. The number of thiophene rings is 1. The molecule has 0 saturated carbocycles. The van der Waals surface area contributed by atoms with Gasteiger partial charge in [-0.05, 0) is 30.7 Å². The van der Waals surface area contributed by atoms with Crippen molar-refractivity contribution in [2.45, 2.75) is 6.42 Å². The van der Waals surface area contributed by atoms with Crippen LogP contribution in [0.1, 0.15) is 6.42 Å². The van der Waals surface area contributed by atoms with Gasteiger partial charge in [0.25, 0.3) is 5.56 Å². The Kier molecular flexibility index (Phi) is 4.42. The Morgan fingerprint density at radius 1 is 1.20 bits per heavy atom. The number of rotatable bonds is 3. The second-order valence-electron chi connectivity index (χ2n) is 6.04. The standard InChI is InChI=1S/C18H20N4O2S/c1-24-13-5-3-12(4-6-13)14-11-25-17-15(14)16(23)20-18(21-17)22-9-2-7-19-8-10-22/h3-6,11,19H,2,7-10H2,1H3,(H,20,21,23). The Balaban J connectivity index is 1.75. The zero-order valence-corrected chi connectivity index (χ0v) is 14.9. The fourth-order valence-corrected chi connectivity index (χ4v) is 4.07. The molecule has 0 atom stereocenters. The molecular formula is C18H20N4O2S. The van der Waals surface area contributed by atoms with E-state index in [0.29, 0.717) is 11.3 Å². The number of aromatic nitrogens is 2. The topological polar surface area (TPSA) is 70.2 Å². The van der Waals surface area contributed by atoms with Crippen LogP contribution in [0.5, 0.6) is 5.75 Å². The highest BCUT2D eigenvalue weighted by molar-refractivity contribution is 7.17. The maximum Gasteiger partial charge on any atom is 0.261 e. The summed E-state index contributed by atoms with van der Waals surface area (Å²) in [4.78, 5) is 23.4. The van der Waals surface area contributed by atoms with E-state index in [1.807, 2.05) is 29.6 Å². The summed E-state index contributed by atoms with van der Waals surface area (Å²) in [6, 6.07) is 7.74. The molecule has 2 aromatic heterocycles. The quantitative estimate of drug-likeness (QED) is 0.754. The summed E-state index contributed by atoms with van der Waals surface area (Å²) < 4.78 is 5.20. The van der Waals surface area contributed by atoms with Crippen LogP contribution in [-0.4, -0.2) is 43.3 Å². The zero-order chi connectivity index (χ0) is 17.2. The van der Waals surface area contributed by atoms with E-state index >= 15 is 0 Å². The summed E-state index contributed by atoms with van der Waals surface area (Å²) in [7, 11) is 1.64. The Hall–Kier alpha value is -2.38. The van der Waals surface area contributed by atoms with Crippen molar-refractivity contribution in [3.63, 3.8) is 0 Å². The molecule has 0 unspecified atom stereocenters. The molecular weight excluding hydrogens is 336 g/mol. The zero-order valence-electron chi connectivity index (χ0n) is 14.0. The summed E-state index contributed by atoms with van der Waals surface area (Å²) >= 11 is 1.51. The van der Waals surface area contributed by atoms with Crippen molar-refractivity contribution < 1.29 is 4.74 Å². The number of nitrogens with one attached hydrogen (secondary N) is 2. The normalized spacial score (nSPS) is 15.3. The van der Waals surface area contributed by atoms with E-state index in [-0.39, 0.29) is 5.56 Å². The van der Waals surface area contributed by atoms with Gasteiger partial charge >= 0.3 is 0 Å². The molecule has 6 nitrogen and oxygen atoms in total. The fourth-order valence-electron chi connectivity index (χ4n) is 3.13. The Morgan fingerprint density at radius 3 is 2.84 bits per heavy atom. The van der Waals surface area contributed by atoms with Gasteiger partial charge in [0.1, 0.15) is 10.6 Å². The monoisotopic (exact) mass is 356 g/mol. The molecule has 0 bridgehead atoms. The highest BCUT2D eigenvalue weighted by atomic mass is 32.1. The molecule has 25 heavy (non-hydrogen) atoms. The smallest absolute Gasteiger partial charge is 0.261 e. The van der Waals surface area contributed by atoms with Gasteiger partial charge < -0.3 is 15.0 Å². The van der Waals surface area contributed by atoms with Crippen LogP contribution in [-0.2, 0) is 0 Å². The summed E-state index contributed by atoms with van der Waals surface area (Å²) in [6.45, 7) is 3.66. The fraction of sp³-hybridized carbons (Fsp3) is 0.333. The minimum absolute atomic E-state index is 0.0794. The molecule has 0 spiro atoms. The van der Waals surface area contributed by atoms with Gasteiger partial charge in [0.2, 0.25) is 5.95 Å². The van der Waals surface area contributed by atoms with E-state index in [9.17, 15) is 4.79 Å². The maximum atomic E-state index is 12.8. The molecule has 0 aliphatic carbocycles. The van der Waals surface area contributed by atoms with Crippen LogP contribution < -0.4 is 20.5 Å². The van der Waals surface area contributed by atoms with Gasteiger partial charge in [-0.15, -0.1) is 11.3 Å². The number of fused-ring (bicyclic) bond motifs is 1. The summed E-state index contributed by atoms with van der Waals surface area (Å²) in [5, 5.41) is 6.03. The van der Waals surface area contributed by atoms with Crippen molar-refractivity contribution in [2.24, 2.45) is 0 Å². The van der Waals surface area contributed by atoms with Gasteiger partial charge in [0.05, 0.1) is 12.5 Å². The van der Waals surface area contributed by atoms with Crippen LogP contribution in [0.3, 0.4) is 0 Å². The van der Waals surface area contributed by atoms with E-state index in [4.69, 9.17) is 9.72 Å². The largest absolute Gasteiger partial charge is 0.497 e. The molecule has 130 valence electrons. The van der Waals surface area contributed by atoms with Crippen molar-refractivity contribution in [3.8, 4) is 16.9 Å². The van der Waals surface area contributed by atoms with Gasteiger partial charge in [-0.1, -0.05) is 12.1 Å². The predicted molar refractivity (Wildman–Crippen MR) is 102 cm³/mol. The number of benzene rings is 1. The highest BCUT2D eigenvalue weighted by Gasteiger charge is 2.17. The van der Waals surface area contributed by atoms with Gasteiger partial charge in [0, 0.05) is 30.6 Å². The first kappa shape index (κ1) is 16.1. The lowest BCUT2D eigenvalue weighted by Crippen LogP contribution is -2.31. The molecule has 0 amide bonds. The van der Waals surface area contributed by atoms with Crippen molar-refractivity contribution in [3.05, 3.63) is 40.0 Å². The van der Waals surface area contributed by atoms with E-state index in [2.05, 4.69) is 15.2 Å². The Morgan fingerprint density at radius 2 is 2.04 bits per heavy atom. The molecule has 3 aromatic rings. The first-order chi connectivity index (χ1) is 12.3. The summed E-state index contributed by atoms with van der Waals surface area (Å²) in [5.41, 5.74) is 1.83. The molecule has 1 fully saturated rings. The van der Waals surface area contributed by atoms with Crippen molar-refractivity contribution >= 4 is 27.5 Å². The van der Waals surface area contributed by atoms with Gasteiger partial charge in [-0.25, -0.2) is 4.98 Å². The average Bonchev–Trinajstić information content (AvgIpc) is 2.88. The van der Waals surface area contributed by atoms with Gasteiger partial charge in [-0.2, -0.15) is 0 Å². The first-order valence-electron chi connectivity index (χ1n) is 8.38. The minimum atomic E-state index is -0.0794. The van der Waals surface area contributed by atoms with E-state index < -0.39 is 0 Å². The number of ether oxygens (including phenoxy) is 1. The minimum Gasteiger partial charge on any atom is -0.497 e. The number of aromatic amines is 1. The molecule has 4 rings (SSSR count). The van der Waals surface area contributed by atoms with Crippen LogP contribution in [0.2, 0.25) is 0 Å². The third-order valence-electron chi connectivity index (χ3n) is 4.47. The first-order valence-corrected chi connectivity index (χ1v) is 9.26. The lowest BCUT2D eigenvalue weighted by Gasteiger charge is -2.20. The van der Waals surface area contributed by atoms with Crippen LogP contribution in [0.4, 0.5) is 5.95 Å². The highest BCUT2D eigenvalue weighted by Crippen LogP contribution is 2.32. The Bertz CT molecular complexity index is 924. The third-order valence-corrected chi connectivity index (χ3v) is 5.34.